The van der Waals surface area contributed by atoms with Crippen molar-refractivity contribution >= 4 is 0 Å². The molecule has 1 heterocycles. The Kier molecular flexibility index (Phi) is 5.04. The minimum absolute atomic E-state index is 0.175. The third kappa shape index (κ3) is 3.15. The van der Waals surface area contributed by atoms with Gasteiger partial charge in [-0.1, -0.05) is 0 Å². The number of nitrogens with zero attached hydrogens (tertiary/aromatic N) is 1. The van der Waals surface area contributed by atoms with Gasteiger partial charge < -0.3 is 15.3 Å². The molecule has 0 aliphatic carbocycles. The lowest BCUT2D eigenvalue weighted by molar-refractivity contribution is -0.0150. The van der Waals surface area contributed by atoms with Gasteiger partial charge in [-0.2, -0.15) is 0 Å². The molecular formula is C14H18F2NO3. The molecule has 1 unspecified atom stereocenters. The Balaban J connectivity index is 2.22. The molecule has 1 aromatic rings. The van der Waals surface area contributed by atoms with Crippen LogP contribution in [0.4, 0.5) is 8.78 Å². The van der Waals surface area contributed by atoms with E-state index in [9.17, 15) is 13.9 Å². The predicted molar refractivity (Wildman–Crippen MR) is 68.5 cm³/mol. The Bertz CT molecular complexity index is 434. The van der Waals surface area contributed by atoms with Crippen LogP contribution in [0.25, 0.3) is 0 Å². The van der Waals surface area contributed by atoms with Crippen molar-refractivity contribution < 1.29 is 24.1 Å². The molecule has 6 heteroatoms. The van der Waals surface area contributed by atoms with Gasteiger partial charge in [0.15, 0.2) is 0 Å². The molecule has 0 spiro atoms. The van der Waals surface area contributed by atoms with Crippen molar-refractivity contribution in [2.45, 2.75) is 25.1 Å². The third-order valence-electron chi connectivity index (χ3n) is 3.65. The average Bonchev–Trinajstić information content (AvgIpc) is 2.88. The monoisotopic (exact) mass is 286 g/mol. The van der Waals surface area contributed by atoms with E-state index in [2.05, 4.69) is 0 Å². The molecule has 0 amide bonds. The van der Waals surface area contributed by atoms with E-state index in [0.717, 1.165) is 12.5 Å². The number of rotatable bonds is 5. The zero-order chi connectivity index (χ0) is 14.7. The van der Waals surface area contributed by atoms with Crippen LogP contribution in [0.2, 0.25) is 0 Å². The number of hydrogen-bond acceptors (Lipinski definition) is 4. The second kappa shape index (κ2) is 6.58. The number of hydrogen-bond donors (Lipinski definition) is 3. The first-order valence-corrected chi connectivity index (χ1v) is 6.53. The van der Waals surface area contributed by atoms with Gasteiger partial charge in [-0.05, 0) is 30.5 Å². The minimum Gasteiger partial charge on any atom is -0.396 e. The summed E-state index contributed by atoms with van der Waals surface area (Å²) < 4.78 is 26.6. The fourth-order valence-corrected chi connectivity index (χ4v) is 2.66. The Morgan fingerprint density at radius 2 is 1.80 bits per heavy atom. The first-order chi connectivity index (χ1) is 9.56. The summed E-state index contributed by atoms with van der Waals surface area (Å²) in [5, 5.41) is 28.4. The lowest BCUT2D eigenvalue weighted by Crippen LogP contribution is -2.41. The summed E-state index contributed by atoms with van der Waals surface area (Å²) in [7, 11) is 0. The van der Waals surface area contributed by atoms with Crippen molar-refractivity contribution in [3.05, 3.63) is 41.3 Å². The highest BCUT2D eigenvalue weighted by atomic mass is 19.1. The summed E-state index contributed by atoms with van der Waals surface area (Å²) in [5.41, 5.74) is 0.453. The van der Waals surface area contributed by atoms with Crippen LogP contribution in [-0.2, 0) is 0 Å². The molecule has 1 aliphatic heterocycles. The number of benzene rings is 1. The summed E-state index contributed by atoms with van der Waals surface area (Å²) >= 11 is 0. The molecule has 0 saturated carbocycles. The van der Waals surface area contributed by atoms with Crippen LogP contribution in [0.15, 0.2) is 18.2 Å². The summed E-state index contributed by atoms with van der Waals surface area (Å²) in [6.45, 7) is -0.329. The Morgan fingerprint density at radius 1 is 1.20 bits per heavy atom. The third-order valence-corrected chi connectivity index (χ3v) is 3.65. The van der Waals surface area contributed by atoms with Crippen molar-refractivity contribution in [1.82, 2.24) is 4.90 Å². The summed E-state index contributed by atoms with van der Waals surface area (Å²) in [4.78, 5) is 1.63. The molecule has 1 radical (unpaired) electrons. The van der Waals surface area contributed by atoms with E-state index in [1.807, 2.05) is 0 Å². The van der Waals surface area contributed by atoms with Crippen molar-refractivity contribution in [3.8, 4) is 0 Å². The van der Waals surface area contributed by atoms with E-state index in [0.29, 0.717) is 18.5 Å². The minimum atomic E-state index is -1.12. The molecule has 20 heavy (non-hydrogen) atoms. The quantitative estimate of drug-likeness (QED) is 0.755. The molecule has 1 aromatic carbocycles. The number of halogens is 2. The largest absolute Gasteiger partial charge is 0.396 e. The molecule has 1 fully saturated rings. The van der Waals surface area contributed by atoms with Crippen LogP contribution in [0.3, 0.4) is 0 Å². The van der Waals surface area contributed by atoms with E-state index >= 15 is 0 Å². The van der Waals surface area contributed by atoms with Crippen LogP contribution >= 0.6 is 0 Å². The zero-order valence-electron chi connectivity index (χ0n) is 11.0. The van der Waals surface area contributed by atoms with Gasteiger partial charge in [-0.15, -0.1) is 0 Å². The summed E-state index contributed by atoms with van der Waals surface area (Å²) in [6.07, 6.45) is 0.303. The summed E-state index contributed by atoms with van der Waals surface area (Å²) in [6, 6.07) is 2.97. The van der Waals surface area contributed by atoms with Crippen LogP contribution in [-0.4, -0.2) is 46.2 Å². The van der Waals surface area contributed by atoms with Crippen molar-refractivity contribution in [3.63, 3.8) is 0 Å². The average molecular weight is 286 g/mol. The molecule has 111 valence electrons. The van der Waals surface area contributed by atoms with Gasteiger partial charge in [0.2, 0.25) is 0 Å². The van der Waals surface area contributed by atoms with Gasteiger partial charge in [0.25, 0.3) is 0 Å². The van der Waals surface area contributed by atoms with E-state index in [1.54, 1.807) is 4.90 Å². The Morgan fingerprint density at radius 3 is 2.35 bits per heavy atom. The van der Waals surface area contributed by atoms with Crippen molar-refractivity contribution in [2.75, 3.05) is 19.8 Å². The van der Waals surface area contributed by atoms with E-state index in [-0.39, 0.29) is 12.0 Å². The van der Waals surface area contributed by atoms with E-state index in [4.69, 9.17) is 10.2 Å². The first kappa shape index (κ1) is 15.3. The molecular weight excluding hydrogens is 268 g/mol. The molecule has 2 rings (SSSR count). The van der Waals surface area contributed by atoms with Gasteiger partial charge >= 0.3 is 0 Å². The van der Waals surface area contributed by atoms with Crippen molar-refractivity contribution in [1.29, 1.82) is 0 Å². The van der Waals surface area contributed by atoms with Crippen molar-refractivity contribution in [2.24, 2.45) is 0 Å². The first-order valence-electron chi connectivity index (χ1n) is 6.53. The SMILES string of the molecule is OC[C](CO)C(O)N1CCC[C@@H]1c1cc(F)cc(F)c1. The predicted octanol–water partition coefficient (Wildman–Crippen LogP) is 0.979. The van der Waals surface area contributed by atoms with Gasteiger partial charge in [0.1, 0.15) is 17.9 Å². The highest BCUT2D eigenvalue weighted by Crippen LogP contribution is 2.35. The second-order valence-corrected chi connectivity index (χ2v) is 4.95. The maximum Gasteiger partial charge on any atom is 0.126 e. The summed E-state index contributed by atoms with van der Waals surface area (Å²) in [5.74, 6) is -1.14. The molecule has 1 aliphatic rings. The molecule has 3 N–H and O–H groups in total. The van der Waals surface area contributed by atoms with Gasteiger partial charge in [-0.25, -0.2) is 8.78 Å². The Labute approximate surface area is 116 Å². The lowest BCUT2D eigenvalue weighted by Gasteiger charge is -2.33. The van der Waals surface area contributed by atoms with Gasteiger partial charge in [0, 0.05) is 18.7 Å². The second-order valence-electron chi connectivity index (χ2n) is 4.95. The van der Waals surface area contributed by atoms with Crippen LogP contribution in [0.1, 0.15) is 24.4 Å². The molecule has 0 bridgehead atoms. The van der Waals surface area contributed by atoms with Crippen LogP contribution in [0, 0.1) is 17.6 Å². The Hall–Kier alpha value is -1.08. The van der Waals surface area contributed by atoms with Crippen LogP contribution < -0.4 is 0 Å². The number of aliphatic hydroxyl groups is 3. The van der Waals surface area contributed by atoms with Gasteiger partial charge in [0.05, 0.1) is 19.1 Å². The van der Waals surface area contributed by atoms with E-state index in [1.165, 1.54) is 12.1 Å². The van der Waals surface area contributed by atoms with E-state index < -0.39 is 31.1 Å². The lowest BCUT2D eigenvalue weighted by atomic mass is 10.0. The van der Waals surface area contributed by atoms with Gasteiger partial charge in [-0.3, -0.25) is 4.90 Å². The zero-order valence-corrected chi connectivity index (χ0v) is 11.0. The fourth-order valence-electron chi connectivity index (χ4n) is 2.66. The number of aliphatic hydroxyl groups excluding tert-OH is 3. The standard InChI is InChI=1S/C14H18F2NO3/c15-11-4-9(5-12(16)6-11)13-2-1-3-17(13)14(20)10(7-18)8-19/h4-6,13-14,18-20H,1-3,7-8H2/t13-,14?/m1/s1. The molecule has 4 nitrogen and oxygen atoms in total. The topological polar surface area (TPSA) is 63.9 Å². The molecule has 0 aromatic heterocycles. The normalized spacial score (nSPS) is 21.6. The number of likely N-dealkylation sites (tertiary alicyclic amines) is 1. The maximum atomic E-state index is 13.3. The fraction of sp³-hybridized carbons (Fsp3) is 0.500. The maximum absolute atomic E-state index is 13.3. The highest BCUT2D eigenvalue weighted by Gasteiger charge is 2.35. The smallest absolute Gasteiger partial charge is 0.126 e. The molecule has 2 atom stereocenters. The molecule has 1 saturated heterocycles. The van der Waals surface area contributed by atoms with Crippen LogP contribution in [0.5, 0.6) is 0 Å². The highest BCUT2D eigenvalue weighted by molar-refractivity contribution is 5.23.